The Morgan fingerprint density at radius 3 is 2.80 bits per heavy atom. The molecule has 6 nitrogen and oxygen atoms in total. The van der Waals surface area contributed by atoms with Gasteiger partial charge in [-0.05, 0) is 6.42 Å². The van der Waals surface area contributed by atoms with Crippen molar-refractivity contribution in [2.75, 3.05) is 45.3 Å². The van der Waals surface area contributed by atoms with Gasteiger partial charge in [-0.25, -0.2) is 4.68 Å². The number of hydrogen-bond acceptors (Lipinski definition) is 5. The van der Waals surface area contributed by atoms with Crippen LogP contribution in [0.1, 0.15) is 18.5 Å². The number of nitrogens with zero attached hydrogens (tertiary/aromatic N) is 4. The van der Waals surface area contributed by atoms with Crippen molar-refractivity contribution in [2.45, 2.75) is 25.9 Å². The lowest BCUT2D eigenvalue weighted by molar-refractivity contribution is -0.107. The van der Waals surface area contributed by atoms with Crippen molar-refractivity contribution in [3.8, 4) is 0 Å². The highest BCUT2D eigenvalue weighted by Crippen LogP contribution is 2.16. The van der Waals surface area contributed by atoms with Gasteiger partial charge in [0.05, 0.1) is 18.9 Å². The predicted molar refractivity (Wildman–Crippen MR) is 77.9 cm³/mol. The molecular weight excluding hydrogens is 256 g/mol. The van der Waals surface area contributed by atoms with Gasteiger partial charge in [0.2, 0.25) is 0 Å². The number of hydrogen-bond donors (Lipinski definition) is 0. The summed E-state index contributed by atoms with van der Waals surface area (Å²) in [4.78, 5) is 14.9. The van der Waals surface area contributed by atoms with Crippen molar-refractivity contribution < 1.29 is 9.53 Å². The number of aromatic nitrogens is 2. The number of morpholine rings is 1. The van der Waals surface area contributed by atoms with Crippen LogP contribution in [0.25, 0.3) is 0 Å². The molecule has 1 fully saturated rings. The lowest BCUT2D eigenvalue weighted by Crippen LogP contribution is -2.35. The van der Waals surface area contributed by atoms with Gasteiger partial charge < -0.3 is 14.4 Å². The molecule has 1 saturated heterocycles. The van der Waals surface area contributed by atoms with Crippen LogP contribution in [0.15, 0.2) is 6.07 Å². The van der Waals surface area contributed by atoms with Gasteiger partial charge in [-0.1, -0.05) is 0 Å². The summed E-state index contributed by atoms with van der Waals surface area (Å²) in [6, 6.07) is 2.14. The fourth-order valence-corrected chi connectivity index (χ4v) is 2.37. The Balaban J connectivity index is 2.01. The number of carbonyl (C=O) groups excluding carboxylic acids is 1. The number of unbranched alkanes of at least 4 members (excludes halogenated alkanes) is 1. The molecule has 1 aliphatic heterocycles. The fourth-order valence-electron chi connectivity index (χ4n) is 2.37. The maximum absolute atomic E-state index is 10.4. The van der Waals surface area contributed by atoms with Gasteiger partial charge in [-0.15, -0.1) is 0 Å². The Morgan fingerprint density at radius 1 is 1.40 bits per heavy atom. The van der Waals surface area contributed by atoms with E-state index in [1.165, 1.54) is 0 Å². The Kier molecular flexibility index (Phi) is 5.55. The van der Waals surface area contributed by atoms with Crippen molar-refractivity contribution >= 4 is 12.1 Å². The van der Waals surface area contributed by atoms with Gasteiger partial charge in [0.1, 0.15) is 12.1 Å². The highest BCUT2D eigenvalue weighted by atomic mass is 16.5. The summed E-state index contributed by atoms with van der Waals surface area (Å²) in [5, 5.41) is 4.67. The Labute approximate surface area is 120 Å². The average molecular weight is 280 g/mol. The molecular formula is C14H24N4O2. The summed E-state index contributed by atoms with van der Waals surface area (Å²) in [6.07, 6.45) is 2.39. The summed E-state index contributed by atoms with van der Waals surface area (Å²) in [7, 11) is 4.04. The predicted octanol–water partition coefficient (Wildman–Crippen LogP) is 0.760. The van der Waals surface area contributed by atoms with Crippen molar-refractivity contribution in [3.63, 3.8) is 0 Å². The van der Waals surface area contributed by atoms with E-state index in [1.807, 2.05) is 18.8 Å². The molecule has 2 rings (SSSR count). The zero-order valence-electron chi connectivity index (χ0n) is 12.4. The van der Waals surface area contributed by atoms with Crippen LogP contribution >= 0.6 is 0 Å². The third kappa shape index (κ3) is 4.05. The summed E-state index contributed by atoms with van der Waals surface area (Å²) in [5.41, 5.74) is 1.08. The third-order valence-electron chi connectivity index (χ3n) is 3.45. The molecule has 0 aliphatic carbocycles. The average Bonchev–Trinajstić information content (AvgIpc) is 2.83. The lowest BCUT2D eigenvalue weighted by atomic mass is 10.3. The van der Waals surface area contributed by atoms with Crippen LogP contribution in [-0.2, 0) is 22.6 Å². The first-order valence-corrected chi connectivity index (χ1v) is 7.18. The van der Waals surface area contributed by atoms with Gasteiger partial charge in [-0.3, -0.25) is 4.90 Å². The largest absolute Gasteiger partial charge is 0.379 e. The smallest absolute Gasteiger partial charge is 0.126 e. The van der Waals surface area contributed by atoms with E-state index in [-0.39, 0.29) is 0 Å². The molecule has 0 saturated carbocycles. The molecule has 0 unspecified atom stereocenters. The maximum atomic E-state index is 10.4. The van der Waals surface area contributed by atoms with Crippen molar-refractivity contribution in [1.82, 2.24) is 14.7 Å². The summed E-state index contributed by atoms with van der Waals surface area (Å²) < 4.78 is 7.36. The number of aryl methyl sites for hydroxylation is 1. The topological polar surface area (TPSA) is 50.6 Å². The zero-order chi connectivity index (χ0) is 14.4. The molecule has 1 aliphatic rings. The Hall–Kier alpha value is -1.40. The second-order valence-electron chi connectivity index (χ2n) is 5.31. The lowest BCUT2D eigenvalue weighted by Gasteiger charge is -2.25. The second kappa shape index (κ2) is 7.40. The number of carbonyl (C=O) groups is 1. The summed E-state index contributed by atoms with van der Waals surface area (Å²) in [6.45, 7) is 5.20. The maximum Gasteiger partial charge on any atom is 0.126 e. The van der Waals surface area contributed by atoms with Crippen LogP contribution in [0, 0.1) is 0 Å². The van der Waals surface area contributed by atoms with Crippen LogP contribution in [0.4, 0.5) is 5.82 Å². The van der Waals surface area contributed by atoms with Gasteiger partial charge in [0.15, 0.2) is 0 Å². The van der Waals surface area contributed by atoms with Gasteiger partial charge in [0, 0.05) is 52.8 Å². The minimum atomic E-state index is 0.589. The van der Waals surface area contributed by atoms with E-state index < -0.39 is 0 Å². The Bertz CT molecular complexity index is 425. The van der Waals surface area contributed by atoms with Gasteiger partial charge in [0.25, 0.3) is 0 Å². The summed E-state index contributed by atoms with van der Waals surface area (Å²) in [5.74, 6) is 1.10. The molecule has 0 amide bonds. The number of aldehydes is 1. The molecule has 6 heteroatoms. The molecule has 1 aromatic rings. The van der Waals surface area contributed by atoms with Crippen molar-refractivity contribution in [3.05, 3.63) is 11.8 Å². The molecule has 0 atom stereocenters. The Morgan fingerprint density at radius 2 is 2.15 bits per heavy atom. The molecule has 0 aromatic carbocycles. The van der Waals surface area contributed by atoms with E-state index in [1.54, 1.807) is 0 Å². The van der Waals surface area contributed by atoms with Crippen LogP contribution in [-0.4, -0.2) is 61.4 Å². The van der Waals surface area contributed by atoms with Crippen molar-refractivity contribution in [1.29, 1.82) is 0 Å². The van der Waals surface area contributed by atoms with Gasteiger partial charge in [-0.2, -0.15) is 5.10 Å². The van der Waals surface area contributed by atoms with Crippen LogP contribution in [0.3, 0.4) is 0 Å². The van der Waals surface area contributed by atoms with Crippen LogP contribution in [0.2, 0.25) is 0 Å². The summed E-state index contributed by atoms with van der Waals surface area (Å²) >= 11 is 0. The molecule has 20 heavy (non-hydrogen) atoms. The molecule has 2 heterocycles. The standard InChI is InChI=1S/C14H24N4O2/c1-16(2)14-11-13(12-17-6-9-20-10-7-17)15-18(14)5-3-4-8-19/h8,11H,3-7,9-10,12H2,1-2H3. The number of rotatable bonds is 7. The van der Waals surface area contributed by atoms with E-state index in [9.17, 15) is 4.79 Å². The van der Waals surface area contributed by atoms with Crippen LogP contribution in [0.5, 0.6) is 0 Å². The fraction of sp³-hybridized carbons (Fsp3) is 0.714. The van der Waals surface area contributed by atoms with E-state index in [4.69, 9.17) is 4.74 Å². The second-order valence-corrected chi connectivity index (χ2v) is 5.31. The van der Waals surface area contributed by atoms with Crippen molar-refractivity contribution in [2.24, 2.45) is 0 Å². The molecule has 0 spiro atoms. The van der Waals surface area contributed by atoms with E-state index in [0.29, 0.717) is 6.42 Å². The molecule has 0 N–H and O–H groups in total. The molecule has 0 bridgehead atoms. The first-order chi connectivity index (χ1) is 9.70. The minimum Gasteiger partial charge on any atom is -0.379 e. The SMILES string of the molecule is CN(C)c1cc(CN2CCOCC2)nn1CCCC=O. The van der Waals surface area contributed by atoms with Gasteiger partial charge >= 0.3 is 0 Å². The number of anilines is 1. The highest BCUT2D eigenvalue weighted by Gasteiger charge is 2.15. The normalized spacial score (nSPS) is 16.3. The monoisotopic (exact) mass is 280 g/mol. The quantitative estimate of drug-likeness (QED) is 0.545. The molecule has 112 valence electrons. The highest BCUT2D eigenvalue weighted by molar-refractivity contribution is 5.49. The van der Waals surface area contributed by atoms with Crippen LogP contribution < -0.4 is 4.90 Å². The van der Waals surface area contributed by atoms with E-state index in [0.717, 1.165) is 63.6 Å². The third-order valence-corrected chi connectivity index (χ3v) is 3.45. The molecule has 0 radical (unpaired) electrons. The number of ether oxygens (including phenoxy) is 1. The van der Waals surface area contributed by atoms with E-state index in [2.05, 4.69) is 21.0 Å². The van der Waals surface area contributed by atoms with E-state index >= 15 is 0 Å². The zero-order valence-corrected chi connectivity index (χ0v) is 12.4. The first-order valence-electron chi connectivity index (χ1n) is 7.18. The first kappa shape index (κ1) is 15.0. The molecule has 1 aromatic heterocycles. The minimum absolute atomic E-state index is 0.589.